The number of benzene rings is 1. The summed E-state index contributed by atoms with van der Waals surface area (Å²) in [7, 11) is 0. The Bertz CT molecular complexity index is 961. The van der Waals surface area contributed by atoms with Gasteiger partial charge < -0.3 is 20.1 Å². The van der Waals surface area contributed by atoms with E-state index in [0.717, 1.165) is 28.1 Å². The fourth-order valence-electron chi connectivity index (χ4n) is 3.34. The van der Waals surface area contributed by atoms with E-state index >= 15 is 0 Å². The SMILES string of the molecule is Cc1nc2ccc(CC(=O)N3CCn4nc([C@@H](O)CO)cc4C3)cc2[nH]1. The minimum absolute atomic E-state index is 0.0530. The molecule has 2 aromatic heterocycles. The number of aliphatic hydroxyl groups is 2. The Kier molecular flexibility index (Phi) is 4.21. The molecule has 0 bridgehead atoms. The van der Waals surface area contributed by atoms with Crippen molar-refractivity contribution in [1.29, 1.82) is 0 Å². The van der Waals surface area contributed by atoms with Crippen LogP contribution in [0.1, 0.15) is 28.9 Å². The van der Waals surface area contributed by atoms with Crippen LogP contribution < -0.4 is 0 Å². The maximum Gasteiger partial charge on any atom is 0.227 e. The predicted octanol–water partition coefficient (Wildman–Crippen LogP) is 0.678. The van der Waals surface area contributed by atoms with Crippen molar-refractivity contribution in [2.45, 2.75) is 32.5 Å². The van der Waals surface area contributed by atoms with Crippen LogP contribution in [-0.4, -0.2) is 53.9 Å². The second-order valence-corrected chi connectivity index (χ2v) is 6.65. The standard InChI is InChI=1S/C18H21N5O3/c1-11-19-14-3-2-12(6-15(14)20-11)7-18(26)22-4-5-23-13(9-22)8-16(21-23)17(25)10-24/h2-3,6,8,17,24-25H,4-5,7,9-10H2,1H3,(H,19,20)/t17-/m0/s1. The van der Waals surface area contributed by atoms with Gasteiger partial charge in [0.05, 0.1) is 48.5 Å². The van der Waals surface area contributed by atoms with Crippen LogP contribution in [0.2, 0.25) is 0 Å². The van der Waals surface area contributed by atoms with E-state index in [1.807, 2.05) is 25.1 Å². The molecular formula is C18H21N5O3. The smallest absolute Gasteiger partial charge is 0.227 e. The van der Waals surface area contributed by atoms with Gasteiger partial charge in [-0.15, -0.1) is 0 Å². The number of nitrogens with zero attached hydrogens (tertiary/aromatic N) is 4. The number of rotatable bonds is 4. The molecule has 0 unspecified atom stereocenters. The molecule has 136 valence electrons. The molecule has 3 aromatic rings. The highest BCUT2D eigenvalue weighted by Crippen LogP contribution is 2.20. The number of aliphatic hydroxyl groups excluding tert-OH is 2. The van der Waals surface area contributed by atoms with Gasteiger partial charge in [-0.3, -0.25) is 9.48 Å². The molecule has 1 amide bonds. The summed E-state index contributed by atoms with van der Waals surface area (Å²) in [4.78, 5) is 22.1. The first-order chi connectivity index (χ1) is 12.5. The Labute approximate surface area is 150 Å². The van der Waals surface area contributed by atoms with Crippen LogP contribution in [0.15, 0.2) is 24.3 Å². The topological polar surface area (TPSA) is 107 Å². The van der Waals surface area contributed by atoms with E-state index < -0.39 is 6.10 Å². The predicted molar refractivity (Wildman–Crippen MR) is 94.2 cm³/mol. The average Bonchev–Trinajstić information content (AvgIpc) is 3.22. The molecule has 1 aliphatic rings. The van der Waals surface area contributed by atoms with Crippen LogP contribution in [0, 0.1) is 6.92 Å². The fraction of sp³-hybridized carbons (Fsp3) is 0.389. The normalized spacial score (nSPS) is 15.3. The Morgan fingerprint density at radius 3 is 3.00 bits per heavy atom. The Balaban J connectivity index is 1.47. The van der Waals surface area contributed by atoms with Crippen molar-refractivity contribution >= 4 is 16.9 Å². The van der Waals surface area contributed by atoms with Crippen molar-refractivity contribution in [3.63, 3.8) is 0 Å². The number of aromatic amines is 1. The van der Waals surface area contributed by atoms with Crippen molar-refractivity contribution in [1.82, 2.24) is 24.6 Å². The third-order valence-electron chi connectivity index (χ3n) is 4.70. The lowest BCUT2D eigenvalue weighted by atomic mass is 10.1. The number of carbonyl (C=O) groups excluding carboxylic acids is 1. The molecule has 1 aromatic carbocycles. The van der Waals surface area contributed by atoms with Gasteiger partial charge in [-0.05, 0) is 30.7 Å². The molecule has 0 saturated heterocycles. The van der Waals surface area contributed by atoms with E-state index in [2.05, 4.69) is 15.1 Å². The van der Waals surface area contributed by atoms with Gasteiger partial charge in [-0.2, -0.15) is 5.10 Å². The van der Waals surface area contributed by atoms with Crippen molar-refractivity contribution in [2.75, 3.05) is 13.2 Å². The van der Waals surface area contributed by atoms with Crippen LogP contribution in [0.25, 0.3) is 11.0 Å². The van der Waals surface area contributed by atoms with E-state index in [4.69, 9.17) is 5.11 Å². The summed E-state index contributed by atoms with van der Waals surface area (Å²) >= 11 is 0. The molecule has 3 N–H and O–H groups in total. The molecule has 0 spiro atoms. The molecule has 26 heavy (non-hydrogen) atoms. The van der Waals surface area contributed by atoms with Gasteiger partial charge in [-0.1, -0.05) is 6.07 Å². The zero-order valence-electron chi connectivity index (χ0n) is 14.5. The molecule has 0 saturated carbocycles. The van der Waals surface area contributed by atoms with Gasteiger partial charge in [-0.25, -0.2) is 4.98 Å². The van der Waals surface area contributed by atoms with Crippen LogP contribution in [0.4, 0.5) is 0 Å². The summed E-state index contributed by atoms with van der Waals surface area (Å²) in [6.07, 6.45) is -0.657. The number of aryl methyl sites for hydroxylation is 1. The highest BCUT2D eigenvalue weighted by Gasteiger charge is 2.24. The number of amides is 1. The number of fused-ring (bicyclic) bond motifs is 2. The highest BCUT2D eigenvalue weighted by molar-refractivity contribution is 5.82. The van der Waals surface area contributed by atoms with Crippen LogP contribution in [0.5, 0.6) is 0 Å². The number of carbonyl (C=O) groups is 1. The van der Waals surface area contributed by atoms with E-state index in [0.29, 0.717) is 31.7 Å². The molecule has 1 aliphatic heterocycles. The minimum atomic E-state index is -0.984. The summed E-state index contributed by atoms with van der Waals surface area (Å²) in [5, 5.41) is 23.1. The van der Waals surface area contributed by atoms with E-state index in [-0.39, 0.29) is 12.5 Å². The second-order valence-electron chi connectivity index (χ2n) is 6.65. The fourth-order valence-corrected chi connectivity index (χ4v) is 3.34. The summed E-state index contributed by atoms with van der Waals surface area (Å²) < 4.78 is 1.79. The Morgan fingerprint density at radius 2 is 2.19 bits per heavy atom. The van der Waals surface area contributed by atoms with Crippen LogP contribution >= 0.6 is 0 Å². The molecule has 4 rings (SSSR count). The van der Waals surface area contributed by atoms with Crippen molar-refractivity contribution in [3.8, 4) is 0 Å². The highest BCUT2D eigenvalue weighted by atomic mass is 16.3. The van der Waals surface area contributed by atoms with Gasteiger partial charge in [0.15, 0.2) is 0 Å². The molecular weight excluding hydrogens is 334 g/mol. The number of H-pyrrole nitrogens is 1. The summed E-state index contributed by atoms with van der Waals surface area (Å²) in [5.74, 6) is 0.908. The number of hydrogen-bond acceptors (Lipinski definition) is 5. The molecule has 8 heteroatoms. The summed E-state index contributed by atoms with van der Waals surface area (Å²) in [6, 6.07) is 7.58. The first-order valence-electron chi connectivity index (χ1n) is 8.62. The minimum Gasteiger partial charge on any atom is -0.393 e. The third kappa shape index (κ3) is 3.09. The molecule has 1 atom stereocenters. The maximum absolute atomic E-state index is 12.7. The molecule has 0 fully saturated rings. The van der Waals surface area contributed by atoms with E-state index in [1.54, 1.807) is 15.6 Å². The molecule has 3 heterocycles. The monoisotopic (exact) mass is 355 g/mol. The molecule has 0 radical (unpaired) electrons. The quantitative estimate of drug-likeness (QED) is 0.638. The maximum atomic E-state index is 12.7. The van der Waals surface area contributed by atoms with Gasteiger partial charge >= 0.3 is 0 Å². The average molecular weight is 355 g/mol. The summed E-state index contributed by atoms with van der Waals surface area (Å²) in [5.41, 5.74) is 4.09. The lowest BCUT2D eigenvalue weighted by Gasteiger charge is -2.27. The largest absolute Gasteiger partial charge is 0.393 e. The Hall–Kier alpha value is -2.71. The van der Waals surface area contributed by atoms with Gasteiger partial charge in [0.2, 0.25) is 5.91 Å². The Morgan fingerprint density at radius 1 is 1.35 bits per heavy atom. The summed E-state index contributed by atoms with van der Waals surface area (Å²) in [6.45, 7) is 3.15. The van der Waals surface area contributed by atoms with Gasteiger partial charge in [0.25, 0.3) is 0 Å². The van der Waals surface area contributed by atoms with Crippen molar-refractivity contribution < 1.29 is 15.0 Å². The van der Waals surface area contributed by atoms with E-state index in [9.17, 15) is 9.90 Å². The van der Waals surface area contributed by atoms with Gasteiger partial charge in [0.1, 0.15) is 11.9 Å². The van der Waals surface area contributed by atoms with Crippen LogP contribution in [0.3, 0.4) is 0 Å². The van der Waals surface area contributed by atoms with E-state index in [1.165, 1.54) is 0 Å². The lowest BCUT2D eigenvalue weighted by Crippen LogP contribution is -2.39. The van der Waals surface area contributed by atoms with Gasteiger partial charge in [0, 0.05) is 6.54 Å². The molecule has 0 aliphatic carbocycles. The van der Waals surface area contributed by atoms with Crippen molar-refractivity contribution in [2.24, 2.45) is 0 Å². The zero-order chi connectivity index (χ0) is 18.3. The number of aromatic nitrogens is 4. The third-order valence-corrected chi connectivity index (χ3v) is 4.70. The zero-order valence-corrected chi connectivity index (χ0v) is 14.5. The number of imidazole rings is 1. The number of hydrogen-bond donors (Lipinski definition) is 3. The molecule has 8 nitrogen and oxygen atoms in total. The second kappa shape index (κ2) is 6.54. The van der Waals surface area contributed by atoms with Crippen molar-refractivity contribution in [3.05, 3.63) is 47.0 Å². The first-order valence-corrected chi connectivity index (χ1v) is 8.62. The van der Waals surface area contributed by atoms with Crippen LogP contribution in [-0.2, 0) is 24.3 Å². The lowest BCUT2D eigenvalue weighted by molar-refractivity contribution is -0.132. The first kappa shape index (κ1) is 16.7. The number of nitrogens with one attached hydrogen (secondary N) is 1.